The number of nitrogens with zero attached hydrogens (tertiary/aromatic N) is 2. The Balaban J connectivity index is 1.78. The van der Waals surface area contributed by atoms with Crippen molar-refractivity contribution in [2.24, 2.45) is 5.92 Å². The SMILES string of the molecule is CCCCC(CC)CNC(=O)c1cc(-c2csc(COc3cc(Cl)cc(Cl)c3)n2)n(CCCOC)c1C. The zero-order valence-corrected chi connectivity index (χ0v) is 24.4. The van der Waals surface area contributed by atoms with Crippen molar-refractivity contribution in [3.8, 4) is 17.1 Å². The van der Waals surface area contributed by atoms with Gasteiger partial charge in [0.25, 0.3) is 5.91 Å². The number of halogens is 2. The predicted octanol–water partition coefficient (Wildman–Crippen LogP) is 7.79. The monoisotopic (exact) mass is 565 g/mol. The van der Waals surface area contributed by atoms with E-state index in [0.717, 1.165) is 47.9 Å². The van der Waals surface area contributed by atoms with Crippen LogP contribution in [-0.2, 0) is 17.9 Å². The van der Waals surface area contributed by atoms with Gasteiger partial charge in [0.1, 0.15) is 17.4 Å². The van der Waals surface area contributed by atoms with Crippen molar-refractivity contribution in [3.63, 3.8) is 0 Å². The summed E-state index contributed by atoms with van der Waals surface area (Å²) in [5.74, 6) is 1.06. The molecule has 0 saturated heterocycles. The number of amides is 1. The lowest BCUT2D eigenvalue weighted by Crippen LogP contribution is -2.29. The Morgan fingerprint density at radius 3 is 2.59 bits per heavy atom. The van der Waals surface area contributed by atoms with E-state index in [1.165, 1.54) is 24.2 Å². The maximum Gasteiger partial charge on any atom is 0.253 e. The van der Waals surface area contributed by atoms with Crippen LogP contribution >= 0.6 is 34.5 Å². The van der Waals surface area contributed by atoms with Crippen LogP contribution in [0.4, 0.5) is 0 Å². The summed E-state index contributed by atoms with van der Waals surface area (Å²) in [7, 11) is 1.70. The number of carbonyl (C=O) groups is 1. The molecule has 0 aliphatic heterocycles. The highest BCUT2D eigenvalue weighted by Gasteiger charge is 2.21. The van der Waals surface area contributed by atoms with Crippen LogP contribution in [0.1, 0.15) is 67.0 Å². The first kappa shape index (κ1) is 29.5. The fourth-order valence-electron chi connectivity index (χ4n) is 4.27. The van der Waals surface area contributed by atoms with Crippen LogP contribution in [0.2, 0.25) is 10.0 Å². The molecule has 0 aliphatic carbocycles. The second kappa shape index (κ2) is 14.8. The Labute approximate surface area is 234 Å². The third-order valence-electron chi connectivity index (χ3n) is 6.45. The van der Waals surface area contributed by atoms with Crippen molar-refractivity contribution >= 4 is 40.4 Å². The fourth-order valence-corrected chi connectivity index (χ4v) is 5.47. The molecule has 1 unspecified atom stereocenters. The second-order valence-electron chi connectivity index (χ2n) is 9.17. The van der Waals surface area contributed by atoms with E-state index < -0.39 is 0 Å². The van der Waals surface area contributed by atoms with Crippen molar-refractivity contribution in [2.75, 3.05) is 20.3 Å². The van der Waals surface area contributed by atoms with E-state index in [9.17, 15) is 4.79 Å². The van der Waals surface area contributed by atoms with Crippen LogP contribution in [0, 0.1) is 12.8 Å². The Bertz CT molecular complexity index is 1140. The van der Waals surface area contributed by atoms with Gasteiger partial charge in [0.05, 0.1) is 17.0 Å². The van der Waals surface area contributed by atoms with E-state index in [-0.39, 0.29) is 5.91 Å². The van der Waals surface area contributed by atoms with Crippen molar-refractivity contribution < 1.29 is 14.3 Å². The fraction of sp³-hybridized carbons (Fsp3) is 0.500. The largest absolute Gasteiger partial charge is 0.486 e. The zero-order chi connectivity index (χ0) is 26.8. The first-order chi connectivity index (χ1) is 17.9. The normalized spacial score (nSPS) is 12.1. The van der Waals surface area contributed by atoms with Crippen LogP contribution in [-0.4, -0.2) is 35.7 Å². The number of carbonyl (C=O) groups excluding carboxylic acids is 1. The van der Waals surface area contributed by atoms with Crippen LogP contribution < -0.4 is 10.1 Å². The van der Waals surface area contributed by atoms with Crippen LogP contribution in [0.15, 0.2) is 29.6 Å². The highest BCUT2D eigenvalue weighted by atomic mass is 35.5. The number of rotatable bonds is 15. The van der Waals surface area contributed by atoms with Gasteiger partial charge in [0.2, 0.25) is 0 Å². The van der Waals surface area contributed by atoms with Gasteiger partial charge in [-0.3, -0.25) is 4.79 Å². The molecule has 0 saturated carbocycles. The molecule has 3 rings (SSSR count). The molecule has 202 valence electrons. The van der Waals surface area contributed by atoms with Crippen molar-refractivity contribution in [3.05, 3.63) is 56.0 Å². The summed E-state index contributed by atoms with van der Waals surface area (Å²) in [6, 6.07) is 7.07. The first-order valence-corrected chi connectivity index (χ1v) is 14.5. The maximum atomic E-state index is 13.2. The molecule has 1 atom stereocenters. The summed E-state index contributed by atoms with van der Waals surface area (Å²) in [5.41, 5.74) is 3.37. The van der Waals surface area contributed by atoms with Crippen LogP contribution in [0.25, 0.3) is 11.4 Å². The lowest BCUT2D eigenvalue weighted by molar-refractivity contribution is 0.0945. The summed E-state index contributed by atoms with van der Waals surface area (Å²) in [6.45, 7) is 8.77. The van der Waals surface area contributed by atoms with Gasteiger partial charge in [-0.1, -0.05) is 56.3 Å². The maximum absolute atomic E-state index is 13.2. The molecule has 2 aromatic heterocycles. The van der Waals surface area contributed by atoms with Gasteiger partial charge in [0, 0.05) is 47.9 Å². The Kier molecular flexibility index (Phi) is 11.8. The zero-order valence-electron chi connectivity index (χ0n) is 22.1. The molecule has 1 N–H and O–H groups in total. The third-order valence-corrected chi connectivity index (χ3v) is 7.71. The predicted molar refractivity (Wildman–Crippen MR) is 153 cm³/mol. The van der Waals surface area contributed by atoms with E-state index in [1.54, 1.807) is 25.3 Å². The molecule has 2 heterocycles. The van der Waals surface area contributed by atoms with Crippen LogP contribution in [0.3, 0.4) is 0 Å². The number of thiazole rings is 1. The topological polar surface area (TPSA) is 65.4 Å². The molecule has 6 nitrogen and oxygen atoms in total. The smallest absolute Gasteiger partial charge is 0.253 e. The number of aromatic nitrogens is 2. The number of benzene rings is 1. The Morgan fingerprint density at radius 1 is 1.16 bits per heavy atom. The van der Waals surface area contributed by atoms with Gasteiger partial charge in [-0.2, -0.15) is 0 Å². The minimum atomic E-state index is -0.0317. The summed E-state index contributed by atoms with van der Waals surface area (Å²) in [4.78, 5) is 18.0. The van der Waals surface area contributed by atoms with E-state index >= 15 is 0 Å². The van der Waals surface area contributed by atoms with Gasteiger partial charge >= 0.3 is 0 Å². The molecule has 0 radical (unpaired) electrons. The van der Waals surface area contributed by atoms with E-state index in [2.05, 4.69) is 23.7 Å². The average molecular weight is 567 g/mol. The summed E-state index contributed by atoms with van der Waals surface area (Å²) in [6.07, 6.45) is 5.40. The standard InChI is InChI=1S/C28H37Cl2N3O3S/c1-5-7-9-20(6-2)16-31-28(34)24-15-26(33(19(24)3)10-8-11-35-4)25-18-37-27(32-25)17-36-23-13-21(29)12-22(30)14-23/h12-15,18,20H,5-11,16-17H2,1-4H3,(H,31,34). The van der Waals surface area contributed by atoms with Crippen LogP contribution in [0.5, 0.6) is 5.75 Å². The molecule has 0 bridgehead atoms. The molecule has 9 heteroatoms. The molecule has 0 aliphatic rings. The lowest BCUT2D eigenvalue weighted by Gasteiger charge is -2.15. The molecular formula is C28H37Cl2N3O3S. The molecule has 37 heavy (non-hydrogen) atoms. The van der Waals surface area contributed by atoms with Gasteiger partial charge in [0.15, 0.2) is 0 Å². The minimum absolute atomic E-state index is 0.0317. The molecule has 3 aromatic rings. The number of hydrogen-bond acceptors (Lipinski definition) is 5. The second-order valence-corrected chi connectivity index (χ2v) is 11.0. The highest BCUT2D eigenvalue weighted by molar-refractivity contribution is 7.09. The number of nitrogens with one attached hydrogen (secondary N) is 1. The summed E-state index contributed by atoms with van der Waals surface area (Å²) >= 11 is 13.7. The molecule has 0 spiro atoms. The Hall–Kier alpha value is -2.06. The summed E-state index contributed by atoms with van der Waals surface area (Å²) < 4.78 is 13.3. The van der Waals surface area contributed by atoms with Crippen molar-refractivity contribution in [1.29, 1.82) is 0 Å². The van der Waals surface area contributed by atoms with Gasteiger partial charge < -0.3 is 19.4 Å². The van der Waals surface area contributed by atoms with Crippen molar-refractivity contribution in [2.45, 2.75) is 66.0 Å². The quantitative estimate of drug-likeness (QED) is 0.191. The molecule has 1 amide bonds. The van der Waals surface area contributed by atoms with E-state index in [4.69, 9.17) is 37.7 Å². The first-order valence-electron chi connectivity index (χ1n) is 12.9. The molecule has 0 fully saturated rings. The van der Waals surface area contributed by atoms with Gasteiger partial charge in [-0.25, -0.2) is 4.98 Å². The lowest BCUT2D eigenvalue weighted by atomic mass is 9.99. The highest BCUT2D eigenvalue weighted by Crippen LogP contribution is 2.29. The molecule has 1 aromatic carbocycles. The van der Waals surface area contributed by atoms with E-state index in [0.29, 0.717) is 47.0 Å². The van der Waals surface area contributed by atoms with Crippen molar-refractivity contribution in [1.82, 2.24) is 14.9 Å². The average Bonchev–Trinajstić information content (AvgIpc) is 3.47. The number of ether oxygens (including phenoxy) is 2. The minimum Gasteiger partial charge on any atom is -0.486 e. The number of unbranched alkanes of at least 4 members (excludes halogenated alkanes) is 1. The van der Waals surface area contributed by atoms with E-state index in [1.807, 2.05) is 18.4 Å². The molecular weight excluding hydrogens is 529 g/mol. The van der Waals surface area contributed by atoms with Gasteiger partial charge in [-0.15, -0.1) is 11.3 Å². The van der Waals surface area contributed by atoms with Gasteiger partial charge in [-0.05, 0) is 49.9 Å². The number of hydrogen-bond donors (Lipinski definition) is 1. The summed E-state index contributed by atoms with van der Waals surface area (Å²) in [5, 5.41) is 7.04. The third kappa shape index (κ3) is 8.47. The Morgan fingerprint density at radius 2 is 1.92 bits per heavy atom. The number of methoxy groups -OCH3 is 1.